The number of rotatable bonds is 3. The van der Waals surface area contributed by atoms with Crippen molar-refractivity contribution < 1.29 is 13.9 Å². The van der Waals surface area contributed by atoms with E-state index in [0.29, 0.717) is 18.6 Å². The fourth-order valence-electron chi connectivity index (χ4n) is 0.632. The maximum absolute atomic E-state index is 10.3. The maximum atomic E-state index is 10.3. The highest BCUT2D eigenvalue weighted by Crippen LogP contribution is 1.98. The van der Waals surface area contributed by atoms with E-state index in [1.165, 1.54) is 6.26 Å². The van der Waals surface area contributed by atoms with Gasteiger partial charge in [0.1, 0.15) is 12.0 Å². The Bertz CT molecular complexity index is 234. The predicted octanol–water partition coefficient (Wildman–Crippen LogP) is 0.158. The molecule has 4 nitrogen and oxygen atoms in total. The van der Waals surface area contributed by atoms with Crippen molar-refractivity contribution in [3.05, 3.63) is 22.6 Å². The molecule has 1 heterocycles. The molecule has 0 saturated heterocycles. The second kappa shape index (κ2) is 3.22. The van der Waals surface area contributed by atoms with Crippen LogP contribution in [0.3, 0.4) is 0 Å². The average molecular weight is 144 g/mol. The lowest BCUT2D eigenvalue weighted by Crippen LogP contribution is -1.89. The highest BCUT2D eigenvalue weighted by Gasteiger charge is 1.98. The molecular formula is C6H8O4. The minimum Gasteiger partial charge on any atom is -0.399 e. The lowest BCUT2D eigenvalue weighted by atomic mass is 10.3. The number of hydrogen-bond acceptors (Lipinski definition) is 4. The molecule has 1 aromatic heterocycles. The summed E-state index contributed by atoms with van der Waals surface area (Å²) < 4.78 is 8.91. The predicted molar refractivity (Wildman–Crippen MR) is 32.7 cm³/mol. The van der Waals surface area contributed by atoms with E-state index in [1.807, 2.05) is 0 Å². The first-order valence-electron chi connectivity index (χ1n) is 3.01. The molecule has 0 saturated carbocycles. The van der Waals surface area contributed by atoms with Gasteiger partial charge in [0.15, 0.2) is 0 Å². The normalized spacial score (nSPS) is 10.1. The molecule has 0 amide bonds. The summed E-state index contributed by atoms with van der Waals surface area (Å²) in [5.41, 5.74) is 0. The third-order valence-electron chi connectivity index (χ3n) is 1.08. The molecule has 0 bridgehead atoms. The van der Waals surface area contributed by atoms with Crippen LogP contribution in [0.2, 0.25) is 0 Å². The Labute approximate surface area is 57.1 Å². The maximum Gasteiger partial charge on any atom is 0.518 e. The number of aryl methyl sites for hydroxylation is 1. The van der Waals surface area contributed by atoms with Gasteiger partial charge in [-0.1, -0.05) is 0 Å². The van der Waals surface area contributed by atoms with Gasteiger partial charge in [-0.15, -0.1) is 0 Å². The van der Waals surface area contributed by atoms with Crippen LogP contribution in [-0.4, -0.2) is 11.7 Å². The average Bonchev–Trinajstić information content (AvgIpc) is 2.31. The Kier molecular flexibility index (Phi) is 2.28. The van der Waals surface area contributed by atoms with Crippen LogP contribution in [0.4, 0.5) is 0 Å². The molecule has 0 aliphatic heterocycles. The summed E-state index contributed by atoms with van der Waals surface area (Å²) in [6.45, 7) is 0.0922. The van der Waals surface area contributed by atoms with E-state index in [9.17, 15) is 4.79 Å². The Morgan fingerprint density at radius 2 is 2.40 bits per heavy atom. The number of aliphatic hydroxyl groups is 1. The van der Waals surface area contributed by atoms with E-state index in [4.69, 9.17) is 5.11 Å². The fourth-order valence-corrected chi connectivity index (χ4v) is 0.632. The van der Waals surface area contributed by atoms with Gasteiger partial charge in [0.2, 0.25) is 0 Å². The Morgan fingerprint density at radius 3 is 2.90 bits per heavy atom. The molecule has 10 heavy (non-hydrogen) atoms. The SMILES string of the molecule is O=c1occ(CCCO)o1. The van der Waals surface area contributed by atoms with Crippen molar-refractivity contribution in [3.8, 4) is 0 Å². The quantitative estimate of drug-likeness (QED) is 0.656. The second-order valence-corrected chi connectivity index (χ2v) is 1.88. The van der Waals surface area contributed by atoms with E-state index >= 15 is 0 Å². The molecule has 0 aliphatic rings. The zero-order chi connectivity index (χ0) is 7.40. The molecular weight excluding hydrogens is 136 g/mol. The molecule has 0 atom stereocenters. The highest BCUT2D eigenvalue weighted by atomic mass is 16.6. The van der Waals surface area contributed by atoms with Gasteiger partial charge in [-0.25, -0.2) is 4.79 Å². The topological polar surface area (TPSA) is 63.6 Å². The summed E-state index contributed by atoms with van der Waals surface area (Å²) in [7, 11) is 0. The van der Waals surface area contributed by atoms with Crippen LogP contribution in [0.1, 0.15) is 12.2 Å². The zero-order valence-corrected chi connectivity index (χ0v) is 5.37. The van der Waals surface area contributed by atoms with Gasteiger partial charge in [-0.2, -0.15) is 0 Å². The summed E-state index contributed by atoms with van der Waals surface area (Å²) in [5, 5.41) is 8.38. The van der Waals surface area contributed by atoms with Crippen molar-refractivity contribution in [2.75, 3.05) is 6.61 Å². The third-order valence-corrected chi connectivity index (χ3v) is 1.08. The van der Waals surface area contributed by atoms with Gasteiger partial charge in [0, 0.05) is 13.0 Å². The first-order chi connectivity index (χ1) is 4.83. The van der Waals surface area contributed by atoms with Crippen molar-refractivity contribution in [2.24, 2.45) is 0 Å². The van der Waals surface area contributed by atoms with E-state index in [2.05, 4.69) is 8.83 Å². The molecule has 1 aromatic rings. The van der Waals surface area contributed by atoms with Gasteiger partial charge >= 0.3 is 5.82 Å². The molecule has 0 aliphatic carbocycles. The van der Waals surface area contributed by atoms with Gasteiger partial charge in [-0.05, 0) is 6.42 Å². The summed E-state index contributed by atoms with van der Waals surface area (Å²) >= 11 is 0. The molecule has 4 heteroatoms. The van der Waals surface area contributed by atoms with Crippen LogP contribution in [0, 0.1) is 0 Å². The number of hydrogen-bond donors (Lipinski definition) is 1. The minimum atomic E-state index is -0.687. The van der Waals surface area contributed by atoms with E-state index in [1.54, 1.807) is 0 Å². The van der Waals surface area contributed by atoms with Crippen molar-refractivity contribution in [1.29, 1.82) is 0 Å². The van der Waals surface area contributed by atoms with Crippen molar-refractivity contribution in [3.63, 3.8) is 0 Å². The Morgan fingerprint density at radius 1 is 1.60 bits per heavy atom. The molecule has 0 fully saturated rings. The van der Waals surface area contributed by atoms with Crippen LogP contribution >= 0.6 is 0 Å². The van der Waals surface area contributed by atoms with E-state index < -0.39 is 5.82 Å². The number of aliphatic hydroxyl groups excluding tert-OH is 1. The highest BCUT2D eigenvalue weighted by molar-refractivity contribution is 4.84. The minimum absolute atomic E-state index is 0.0922. The van der Waals surface area contributed by atoms with Crippen LogP contribution in [0.5, 0.6) is 0 Å². The summed E-state index contributed by atoms with van der Waals surface area (Å²) in [6.07, 6.45) is 2.39. The monoisotopic (exact) mass is 144 g/mol. The molecule has 0 spiro atoms. The third kappa shape index (κ3) is 1.73. The first kappa shape index (κ1) is 7.08. The molecule has 0 unspecified atom stereocenters. The molecule has 0 radical (unpaired) electrons. The summed E-state index contributed by atoms with van der Waals surface area (Å²) in [5.74, 6) is -0.202. The lowest BCUT2D eigenvalue weighted by molar-refractivity contribution is 0.282. The largest absolute Gasteiger partial charge is 0.518 e. The standard InChI is InChI=1S/C6H8O4/c7-3-1-2-5-4-9-6(8)10-5/h4,7H,1-3H2. The van der Waals surface area contributed by atoms with Crippen molar-refractivity contribution >= 4 is 0 Å². The molecule has 1 N–H and O–H groups in total. The van der Waals surface area contributed by atoms with Crippen LogP contribution in [-0.2, 0) is 6.42 Å². The molecule has 1 rings (SSSR count). The van der Waals surface area contributed by atoms with Gasteiger partial charge in [-0.3, -0.25) is 0 Å². The van der Waals surface area contributed by atoms with Gasteiger partial charge in [0.25, 0.3) is 0 Å². The molecule has 56 valence electrons. The van der Waals surface area contributed by atoms with Crippen LogP contribution in [0.25, 0.3) is 0 Å². The van der Waals surface area contributed by atoms with Crippen molar-refractivity contribution in [1.82, 2.24) is 0 Å². The van der Waals surface area contributed by atoms with Crippen LogP contribution in [0.15, 0.2) is 19.9 Å². The van der Waals surface area contributed by atoms with Crippen molar-refractivity contribution in [2.45, 2.75) is 12.8 Å². The summed E-state index contributed by atoms with van der Waals surface area (Å²) in [4.78, 5) is 10.3. The smallest absolute Gasteiger partial charge is 0.399 e. The fraction of sp³-hybridized carbons (Fsp3) is 0.500. The van der Waals surface area contributed by atoms with Crippen LogP contribution < -0.4 is 5.82 Å². The van der Waals surface area contributed by atoms with E-state index in [-0.39, 0.29) is 6.61 Å². The van der Waals surface area contributed by atoms with Gasteiger partial charge in [0.05, 0.1) is 0 Å². The molecule has 0 aromatic carbocycles. The second-order valence-electron chi connectivity index (χ2n) is 1.88. The zero-order valence-electron chi connectivity index (χ0n) is 5.37. The van der Waals surface area contributed by atoms with E-state index in [0.717, 1.165) is 0 Å². The first-order valence-corrected chi connectivity index (χ1v) is 3.01. The van der Waals surface area contributed by atoms with Gasteiger partial charge < -0.3 is 13.9 Å². The summed E-state index contributed by atoms with van der Waals surface area (Å²) in [6, 6.07) is 0. The Balaban J connectivity index is 2.50. The Hall–Kier alpha value is -1.03. The lowest BCUT2D eigenvalue weighted by Gasteiger charge is -1.87.